The van der Waals surface area contributed by atoms with E-state index in [0.29, 0.717) is 21.6 Å². The van der Waals surface area contributed by atoms with Crippen molar-refractivity contribution in [3.63, 3.8) is 0 Å². The second-order valence-electron chi connectivity index (χ2n) is 6.37. The molecule has 1 saturated carbocycles. The molecule has 1 fully saturated rings. The van der Waals surface area contributed by atoms with Gasteiger partial charge in [-0.1, -0.05) is 18.5 Å². The summed E-state index contributed by atoms with van der Waals surface area (Å²) in [4.78, 5) is 12.8. The van der Waals surface area contributed by atoms with Gasteiger partial charge in [-0.3, -0.25) is 4.79 Å². The molecular formula is C19H18ClF2NOS. The molecule has 0 saturated heterocycles. The van der Waals surface area contributed by atoms with Crippen molar-refractivity contribution >= 4 is 35.0 Å². The van der Waals surface area contributed by atoms with Crippen molar-refractivity contribution in [2.24, 2.45) is 5.41 Å². The average Bonchev–Trinajstić information content (AvgIpc) is 3.38. The van der Waals surface area contributed by atoms with E-state index in [9.17, 15) is 13.6 Å². The van der Waals surface area contributed by atoms with Crippen LogP contribution in [0.4, 0.5) is 14.5 Å². The van der Waals surface area contributed by atoms with Crippen LogP contribution in [-0.4, -0.2) is 11.7 Å². The van der Waals surface area contributed by atoms with Gasteiger partial charge >= 0.3 is 0 Å². The maximum absolute atomic E-state index is 14.0. The van der Waals surface area contributed by atoms with Crippen LogP contribution in [0.3, 0.4) is 0 Å². The minimum atomic E-state index is -0.551. The van der Waals surface area contributed by atoms with E-state index in [1.54, 1.807) is 6.07 Å². The molecule has 0 unspecified atom stereocenters. The van der Waals surface area contributed by atoms with Crippen LogP contribution < -0.4 is 5.32 Å². The van der Waals surface area contributed by atoms with Crippen molar-refractivity contribution in [3.05, 3.63) is 58.6 Å². The minimum Gasteiger partial charge on any atom is -0.322 e. The SMILES string of the molecule is CCC1(CSc2cc(C(=O)Nc3ccc(F)c(Cl)c3)ccc2F)CC1. The minimum absolute atomic E-state index is 0.0672. The van der Waals surface area contributed by atoms with E-state index in [4.69, 9.17) is 11.6 Å². The zero-order chi connectivity index (χ0) is 18.0. The quantitative estimate of drug-likeness (QED) is 0.608. The van der Waals surface area contributed by atoms with Gasteiger partial charge in [0.25, 0.3) is 5.91 Å². The van der Waals surface area contributed by atoms with Crippen molar-refractivity contribution in [1.82, 2.24) is 0 Å². The molecule has 2 aromatic rings. The van der Waals surface area contributed by atoms with Crippen molar-refractivity contribution in [1.29, 1.82) is 0 Å². The Bertz CT molecular complexity index is 808. The van der Waals surface area contributed by atoms with Crippen LogP contribution in [0.15, 0.2) is 41.3 Å². The van der Waals surface area contributed by atoms with E-state index in [2.05, 4.69) is 12.2 Å². The third kappa shape index (κ3) is 4.33. The van der Waals surface area contributed by atoms with E-state index in [1.165, 1.54) is 54.9 Å². The number of halogens is 3. The Morgan fingerprint density at radius 1 is 1.20 bits per heavy atom. The summed E-state index contributed by atoms with van der Waals surface area (Å²) < 4.78 is 27.2. The number of nitrogens with one attached hydrogen (secondary N) is 1. The Kier molecular flexibility index (Phi) is 5.35. The zero-order valence-corrected chi connectivity index (χ0v) is 15.3. The lowest BCUT2D eigenvalue weighted by molar-refractivity contribution is 0.102. The topological polar surface area (TPSA) is 29.1 Å². The predicted octanol–water partition coefficient (Wildman–Crippen LogP) is 6.15. The Morgan fingerprint density at radius 2 is 1.92 bits per heavy atom. The number of anilines is 1. The molecule has 3 rings (SSSR count). The highest BCUT2D eigenvalue weighted by molar-refractivity contribution is 7.99. The molecule has 1 amide bonds. The molecule has 0 aliphatic heterocycles. The van der Waals surface area contributed by atoms with Gasteiger partial charge in [-0.2, -0.15) is 0 Å². The van der Waals surface area contributed by atoms with Gasteiger partial charge in [-0.05, 0) is 61.1 Å². The molecule has 0 bridgehead atoms. The molecule has 0 radical (unpaired) electrons. The predicted molar refractivity (Wildman–Crippen MR) is 98.4 cm³/mol. The second kappa shape index (κ2) is 7.34. The number of thioether (sulfide) groups is 1. The van der Waals surface area contributed by atoms with Crippen LogP contribution in [0.5, 0.6) is 0 Å². The summed E-state index contributed by atoms with van der Waals surface area (Å²) in [6, 6.07) is 8.26. The molecule has 2 aromatic carbocycles. The molecule has 0 aromatic heterocycles. The lowest BCUT2D eigenvalue weighted by Crippen LogP contribution is -2.12. The molecule has 1 aliphatic carbocycles. The number of carbonyl (C=O) groups is 1. The molecule has 2 nitrogen and oxygen atoms in total. The van der Waals surface area contributed by atoms with Crippen LogP contribution in [0.2, 0.25) is 5.02 Å². The Balaban J connectivity index is 1.71. The summed E-state index contributed by atoms with van der Waals surface area (Å²) >= 11 is 7.17. The largest absolute Gasteiger partial charge is 0.322 e. The number of rotatable bonds is 6. The summed E-state index contributed by atoms with van der Waals surface area (Å²) in [5, 5.41) is 2.58. The van der Waals surface area contributed by atoms with Crippen LogP contribution >= 0.6 is 23.4 Å². The fraction of sp³-hybridized carbons (Fsp3) is 0.316. The first-order chi connectivity index (χ1) is 11.9. The van der Waals surface area contributed by atoms with Gasteiger partial charge in [0, 0.05) is 21.9 Å². The van der Waals surface area contributed by atoms with Crippen molar-refractivity contribution < 1.29 is 13.6 Å². The van der Waals surface area contributed by atoms with E-state index < -0.39 is 5.82 Å². The maximum atomic E-state index is 14.0. The van der Waals surface area contributed by atoms with E-state index in [1.807, 2.05) is 0 Å². The number of hydrogen-bond donors (Lipinski definition) is 1. The van der Waals surface area contributed by atoms with E-state index in [-0.39, 0.29) is 16.7 Å². The Morgan fingerprint density at radius 3 is 2.56 bits per heavy atom. The molecule has 1 N–H and O–H groups in total. The molecule has 25 heavy (non-hydrogen) atoms. The molecule has 6 heteroatoms. The summed E-state index contributed by atoms with van der Waals surface area (Å²) in [5.74, 6) is -0.400. The summed E-state index contributed by atoms with van der Waals surface area (Å²) in [5.41, 5.74) is 1.07. The Labute approximate surface area is 155 Å². The zero-order valence-electron chi connectivity index (χ0n) is 13.7. The third-order valence-corrected chi connectivity index (χ3v) is 6.28. The fourth-order valence-electron chi connectivity index (χ4n) is 2.54. The van der Waals surface area contributed by atoms with Gasteiger partial charge in [0.15, 0.2) is 0 Å². The molecule has 0 spiro atoms. The second-order valence-corrected chi connectivity index (χ2v) is 7.79. The lowest BCUT2D eigenvalue weighted by Gasteiger charge is -2.13. The monoisotopic (exact) mass is 381 g/mol. The normalized spacial score (nSPS) is 15.0. The first-order valence-corrected chi connectivity index (χ1v) is 9.47. The maximum Gasteiger partial charge on any atom is 0.255 e. The van der Waals surface area contributed by atoms with Crippen LogP contribution in [0.1, 0.15) is 36.5 Å². The Hall–Kier alpha value is -1.59. The summed E-state index contributed by atoms with van der Waals surface area (Å²) in [7, 11) is 0. The van der Waals surface area contributed by atoms with Gasteiger partial charge in [0.2, 0.25) is 0 Å². The number of amides is 1. The standard InChI is InChI=1S/C19H18ClF2NOS/c1-2-19(7-8-19)11-25-17-9-12(3-5-16(17)22)18(24)23-13-4-6-15(21)14(20)10-13/h3-6,9-10H,2,7-8,11H2,1H3,(H,23,24). The molecule has 1 aliphatic rings. The van der Waals surface area contributed by atoms with Crippen LogP contribution in [0.25, 0.3) is 0 Å². The first-order valence-electron chi connectivity index (χ1n) is 8.11. The number of carbonyl (C=O) groups excluding carboxylic acids is 1. The summed E-state index contributed by atoms with van der Waals surface area (Å²) in [6.45, 7) is 2.15. The van der Waals surface area contributed by atoms with Gasteiger partial charge in [-0.25, -0.2) is 8.78 Å². The highest BCUT2D eigenvalue weighted by atomic mass is 35.5. The van der Waals surface area contributed by atoms with Crippen LogP contribution in [0, 0.1) is 17.0 Å². The van der Waals surface area contributed by atoms with Crippen LogP contribution in [-0.2, 0) is 0 Å². The van der Waals surface area contributed by atoms with Gasteiger partial charge < -0.3 is 5.32 Å². The molecule has 132 valence electrons. The third-order valence-electron chi connectivity index (χ3n) is 4.61. The highest BCUT2D eigenvalue weighted by Crippen LogP contribution is 2.51. The number of hydrogen-bond acceptors (Lipinski definition) is 2. The highest BCUT2D eigenvalue weighted by Gasteiger charge is 2.40. The molecular weight excluding hydrogens is 364 g/mol. The smallest absolute Gasteiger partial charge is 0.255 e. The fourth-order valence-corrected chi connectivity index (χ4v) is 4.09. The first kappa shape index (κ1) is 18.2. The molecule has 0 atom stereocenters. The van der Waals surface area contributed by atoms with Gasteiger partial charge in [0.1, 0.15) is 11.6 Å². The summed E-state index contributed by atoms with van der Waals surface area (Å²) in [6.07, 6.45) is 3.46. The van der Waals surface area contributed by atoms with Crippen molar-refractivity contribution in [2.75, 3.05) is 11.1 Å². The number of benzene rings is 2. The molecule has 0 heterocycles. The van der Waals surface area contributed by atoms with Crippen molar-refractivity contribution in [2.45, 2.75) is 31.1 Å². The van der Waals surface area contributed by atoms with E-state index >= 15 is 0 Å². The van der Waals surface area contributed by atoms with E-state index in [0.717, 1.165) is 12.2 Å². The van der Waals surface area contributed by atoms with Gasteiger partial charge in [0.05, 0.1) is 5.02 Å². The average molecular weight is 382 g/mol. The van der Waals surface area contributed by atoms with Gasteiger partial charge in [-0.15, -0.1) is 11.8 Å². The van der Waals surface area contributed by atoms with Crippen molar-refractivity contribution in [3.8, 4) is 0 Å². The lowest BCUT2D eigenvalue weighted by atomic mass is 10.1.